The third-order valence-corrected chi connectivity index (χ3v) is 6.90. The number of aliphatic hydroxyl groups is 1. The van der Waals surface area contributed by atoms with Crippen molar-refractivity contribution in [2.45, 2.75) is 68.7 Å². The summed E-state index contributed by atoms with van der Waals surface area (Å²) in [4.78, 5) is 13.4. The summed E-state index contributed by atoms with van der Waals surface area (Å²) in [6.07, 6.45) is 5.94. The van der Waals surface area contributed by atoms with Crippen molar-refractivity contribution in [3.05, 3.63) is 58.9 Å². The Morgan fingerprint density at radius 3 is 2.46 bits per heavy atom. The highest BCUT2D eigenvalue weighted by Gasteiger charge is 2.37. The number of carbonyl (C=O) groups is 1. The molecule has 0 amide bonds. The van der Waals surface area contributed by atoms with Crippen molar-refractivity contribution in [3.63, 3.8) is 0 Å². The van der Waals surface area contributed by atoms with E-state index in [1.807, 2.05) is 13.1 Å². The number of nitrogens with two attached hydrogens (primary N) is 1. The molecule has 2 aromatic rings. The van der Waals surface area contributed by atoms with Gasteiger partial charge in [0.15, 0.2) is 5.78 Å². The fraction of sp³-hybridized carbons (Fsp3) is 0.542. The molecule has 2 aliphatic carbocycles. The number of aliphatic hydroxyl groups excluding tert-OH is 1. The van der Waals surface area contributed by atoms with Gasteiger partial charge in [0.05, 0.1) is 12.3 Å². The minimum Gasteiger partial charge on any atom is -0.394 e. The quantitative estimate of drug-likeness (QED) is 0.706. The number of rotatable bonds is 7. The van der Waals surface area contributed by atoms with Crippen LogP contribution in [0.4, 0.5) is 0 Å². The van der Waals surface area contributed by atoms with E-state index >= 15 is 0 Å². The van der Waals surface area contributed by atoms with E-state index < -0.39 is 5.54 Å². The lowest BCUT2D eigenvalue weighted by Gasteiger charge is -2.21. The Balaban J connectivity index is 1.54. The average Bonchev–Trinajstić information content (AvgIpc) is 3.38. The molecule has 1 aromatic heterocycles. The van der Waals surface area contributed by atoms with E-state index in [2.05, 4.69) is 41.8 Å². The van der Waals surface area contributed by atoms with Crippen LogP contribution in [-0.2, 0) is 7.05 Å². The molecule has 1 heterocycles. The van der Waals surface area contributed by atoms with Gasteiger partial charge in [0.2, 0.25) is 0 Å². The lowest BCUT2D eigenvalue weighted by Crippen LogP contribution is -2.40. The first kappa shape index (κ1) is 19.4. The fourth-order valence-corrected chi connectivity index (χ4v) is 4.91. The van der Waals surface area contributed by atoms with E-state index in [4.69, 9.17) is 5.73 Å². The first-order valence-corrected chi connectivity index (χ1v) is 10.6. The SMILES string of the molecule is CCC(C(=O)c1ccc(C2CCC(N)(CO)C2)n1C)c1ccc(C2CC2)cc1. The highest BCUT2D eigenvalue weighted by molar-refractivity contribution is 5.99. The zero-order valence-electron chi connectivity index (χ0n) is 17.0. The first-order chi connectivity index (χ1) is 13.5. The van der Waals surface area contributed by atoms with Gasteiger partial charge in [-0.1, -0.05) is 31.2 Å². The normalized spacial score (nSPS) is 25.8. The fourth-order valence-electron chi connectivity index (χ4n) is 4.91. The third kappa shape index (κ3) is 3.56. The number of nitrogens with zero attached hydrogens (tertiary/aromatic N) is 1. The highest BCUT2D eigenvalue weighted by atomic mass is 16.3. The molecule has 4 nitrogen and oxygen atoms in total. The highest BCUT2D eigenvalue weighted by Crippen LogP contribution is 2.41. The van der Waals surface area contributed by atoms with E-state index in [1.165, 1.54) is 18.4 Å². The predicted octanol–water partition coefficient (Wildman–Crippen LogP) is 4.24. The standard InChI is InChI=1S/C24H32N2O2/c1-3-20(18-8-6-17(7-9-18)16-4-5-16)23(28)22-11-10-21(26(22)2)19-12-13-24(25,14-19)15-27/h6-11,16,19-20,27H,3-5,12-15,25H2,1-2H3. The Kier molecular flexibility index (Phi) is 5.19. The smallest absolute Gasteiger partial charge is 0.186 e. The van der Waals surface area contributed by atoms with Crippen LogP contribution in [0.1, 0.15) is 90.5 Å². The summed E-state index contributed by atoms with van der Waals surface area (Å²) < 4.78 is 2.05. The molecule has 4 heteroatoms. The van der Waals surface area contributed by atoms with Gasteiger partial charge in [-0.2, -0.15) is 0 Å². The molecule has 150 valence electrons. The second-order valence-corrected chi connectivity index (χ2v) is 8.93. The Hall–Kier alpha value is -1.91. The number of Topliss-reactive ketones (excluding diaryl/α,β-unsaturated/α-hetero) is 1. The molecule has 0 aliphatic heterocycles. The van der Waals surface area contributed by atoms with Crippen LogP contribution in [0, 0.1) is 0 Å². The van der Waals surface area contributed by atoms with Crippen molar-refractivity contribution < 1.29 is 9.90 Å². The Bertz CT molecular complexity index is 850. The van der Waals surface area contributed by atoms with E-state index in [-0.39, 0.29) is 18.3 Å². The van der Waals surface area contributed by atoms with Crippen molar-refractivity contribution in [1.82, 2.24) is 4.57 Å². The number of hydrogen-bond acceptors (Lipinski definition) is 3. The minimum absolute atomic E-state index is 0.0223. The van der Waals surface area contributed by atoms with Crippen molar-refractivity contribution in [2.75, 3.05) is 6.61 Å². The largest absolute Gasteiger partial charge is 0.394 e. The number of aromatic nitrogens is 1. The van der Waals surface area contributed by atoms with Gasteiger partial charge in [0, 0.05) is 30.1 Å². The molecule has 4 rings (SSSR count). The molecule has 3 unspecified atom stereocenters. The van der Waals surface area contributed by atoms with E-state index in [0.29, 0.717) is 5.92 Å². The molecule has 0 radical (unpaired) electrons. The summed E-state index contributed by atoms with van der Waals surface area (Å²) in [7, 11) is 1.99. The molecule has 1 aromatic carbocycles. The maximum Gasteiger partial charge on any atom is 0.186 e. The molecule has 2 aliphatic rings. The molecular weight excluding hydrogens is 348 g/mol. The van der Waals surface area contributed by atoms with Gasteiger partial charge >= 0.3 is 0 Å². The van der Waals surface area contributed by atoms with Gasteiger partial charge < -0.3 is 15.4 Å². The number of carbonyl (C=O) groups excluding carboxylic acids is 1. The molecule has 2 saturated carbocycles. The topological polar surface area (TPSA) is 68.2 Å². The second-order valence-electron chi connectivity index (χ2n) is 8.93. The van der Waals surface area contributed by atoms with Crippen LogP contribution in [0.5, 0.6) is 0 Å². The summed E-state index contributed by atoms with van der Waals surface area (Å²) in [5.41, 5.74) is 10.2. The third-order valence-electron chi connectivity index (χ3n) is 6.90. The summed E-state index contributed by atoms with van der Waals surface area (Å²) in [6.45, 7) is 2.11. The molecule has 28 heavy (non-hydrogen) atoms. The number of hydrogen-bond donors (Lipinski definition) is 2. The molecule has 0 bridgehead atoms. The van der Waals surface area contributed by atoms with Crippen LogP contribution >= 0.6 is 0 Å². The molecular formula is C24H32N2O2. The van der Waals surface area contributed by atoms with Crippen LogP contribution in [-0.4, -0.2) is 27.6 Å². The van der Waals surface area contributed by atoms with Crippen molar-refractivity contribution in [1.29, 1.82) is 0 Å². The van der Waals surface area contributed by atoms with E-state index in [9.17, 15) is 9.90 Å². The van der Waals surface area contributed by atoms with Crippen LogP contribution in [0.2, 0.25) is 0 Å². The monoisotopic (exact) mass is 380 g/mol. The van der Waals surface area contributed by atoms with Crippen LogP contribution in [0.15, 0.2) is 36.4 Å². The maximum atomic E-state index is 13.4. The lowest BCUT2D eigenvalue weighted by atomic mass is 9.89. The molecule has 2 fully saturated rings. The predicted molar refractivity (Wildman–Crippen MR) is 112 cm³/mol. The lowest BCUT2D eigenvalue weighted by molar-refractivity contribution is 0.0949. The Labute approximate surface area is 167 Å². The zero-order chi connectivity index (χ0) is 19.9. The summed E-state index contributed by atoms with van der Waals surface area (Å²) in [6, 6.07) is 12.7. The number of benzene rings is 1. The van der Waals surface area contributed by atoms with Crippen molar-refractivity contribution in [2.24, 2.45) is 12.8 Å². The van der Waals surface area contributed by atoms with Gasteiger partial charge in [-0.05, 0) is 67.7 Å². The molecule has 0 saturated heterocycles. The summed E-state index contributed by atoms with van der Waals surface area (Å²) >= 11 is 0. The van der Waals surface area contributed by atoms with Gasteiger partial charge in [0.1, 0.15) is 0 Å². The van der Waals surface area contributed by atoms with Crippen molar-refractivity contribution >= 4 is 5.78 Å². The minimum atomic E-state index is -0.478. The Morgan fingerprint density at radius 2 is 1.89 bits per heavy atom. The average molecular weight is 381 g/mol. The number of ketones is 1. The van der Waals surface area contributed by atoms with E-state index in [1.54, 1.807) is 0 Å². The maximum absolute atomic E-state index is 13.4. The summed E-state index contributed by atoms with van der Waals surface area (Å²) in [5, 5.41) is 9.56. The van der Waals surface area contributed by atoms with Gasteiger partial charge in [-0.15, -0.1) is 0 Å². The first-order valence-electron chi connectivity index (χ1n) is 10.6. The van der Waals surface area contributed by atoms with Gasteiger partial charge in [0.25, 0.3) is 0 Å². The van der Waals surface area contributed by atoms with E-state index in [0.717, 1.165) is 48.6 Å². The Morgan fingerprint density at radius 1 is 1.18 bits per heavy atom. The molecule has 0 spiro atoms. The summed E-state index contributed by atoms with van der Waals surface area (Å²) in [5.74, 6) is 1.13. The van der Waals surface area contributed by atoms with Gasteiger partial charge in [-0.25, -0.2) is 0 Å². The van der Waals surface area contributed by atoms with Crippen LogP contribution < -0.4 is 5.73 Å². The van der Waals surface area contributed by atoms with Crippen LogP contribution in [0.25, 0.3) is 0 Å². The zero-order valence-corrected chi connectivity index (χ0v) is 17.0. The van der Waals surface area contributed by atoms with Crippen molar-refractivity contribution in [3.8, 4) is 0 Å². The molecule has 3 atom stereocenters. The molecule has 3 N–H and O–H groups in total. The van der Waals surface area contributed by atoms with Gasteiger partial charge in [-0.3, -0.25) is 4.79 Å². The van der Waals surface area contributed by atoms with Crippen LogP contribution in [0.3, 0.4) is 0 Å². The second kappa shape index (κ2) is 7.49.